The molecule has 0 unspecified atom stereocenters. The lowest BCUT2D eigenvalue weighted by Crippen LogP contribution is -2.39. The maximum atomic E-state index is 12.7. The fourth-order valence-corrected chi connectivity index (χ4v) is 4.14. The third-order valence-electron chi connectivity index (χ3n) is 6.05. The molecule has 0 saturated carbocycles. The molecule has 1 aliphatic heterocycles. The molecule has 0 atom stereocenters. The summed E-state index contributed by atoms with van der Waals surface area (Å²) in [5, 5.41) is 9.68. The summed E-state index contributed by atoms with van der Waals surface area (Å²) in [6.45, 7) is 3.15. The number of aryl methyl sites for hydroxylation is 1. The second kappa shape index (κ2) is 9.74. The highest BCUT2D eigenvalue weighted by Crippen LogP contribution is 2.39. The predicted octanol–water partition coefficient (Wildman–Crippen LogP) is 6.36. The van der Waals surface area contributed by atoms with Gasteiger partial charge in [0.2, 0.25) is 5.79 Å². The smallest absolute Gasteiger partial charge is 0.222 e. The summed E-state index contributed by atoms with van der Waals surface area (Å²) < 4.78 is 18.3. The Hall–Kier alpha value is -3.93. The molecule has 0 radical (unpaired) electrons. The van der Waals surface area contributed by atoms with E-state index in [9.17, 15) is 9.90 Å². The largest absolute Gasteiger partial charge is 0.508 e. The van der Waals surface area contributed by atoms with Crippen molar-refractivity contribution in [1.29, 1.82) is 0 Å². The van der Waals surface area contributed by atoms with Crippen LogP contribution in [0.15, 0.2) is 97.1 Å². The van der Waals surface area contributed by atoms with Gasteiger partial charge in [-0.05, 0) is 86.1 Å². The zero-order valence-corrected chi connectivity index (χ0v) is 19.4. The molecule has 0 amide bonds. The SMILES string of the molecule is Cc1ccc(C(=O)c2ccc(Oc3ccc(C4(c5ccc(O)cc5)OCCCO4)cc3)cc2)cc1. The van der Waals surface area contributed by atoms with E-state index < -0.39 is 5.79 Å². The highest BCUT2D eigenvalue weighted by atomic mass is 16.7. The minimum Gasteiger partial charge on any atom is -0.508 e. The van der Waals surface area contributed by atoms with Gasteiger partial charge in [0.1, 0.15) is 17.2 Å². The standard InChI is InChI=1S/C30H26O5/c1-21-3-5-22(6-4-21)29(32)23-7-15-27(16-8-23)35-28-17-11-25(12-18-28)30(33-19-2-20-34-30)24-9-13-26(31)14-10-24/h3-18,31H,2,19-20H2,1H3. The average Bonchev–Trinajstić information content (AvgIpc) is 2.90. The molecule has 0 aliphatic carbocycles. The molecule has 35 heavy (non-hydrogen) atoms. The summed E-state index contributed by atoms with van der Waals surface area (Å²) in [6.07, 6.45) is 0.823. The van der Waals surface area contributed by atoms with Crippen molar-refractivity contribution in [2.24, 2.45) is 0 Å². The number of benzene rings is 4. The van der Waals surface area contributed by atoms with Crippen molar-refractivity contribution in [2.75, 3.05) is 13.2 Å². The van der Waals surface area contributed by atoms with Crippen LogP contribution in [0.3, 0.4) is 0 Å². The first kappa shape index (κ1) is 22.8. The van der Waals surface area contributed by atoms with E-state index in [0.717, 1.165) is 23.1 Å². The van der Waals surface area contributed by atoms with Gasteiger partial charge in [0, 0.05) is 22.3 Å². The summed E-state index contributed by atoms with van der Waals surface area (Å²) >= 11 is 0. The normalized spacial score (nSPS) is 14.9. The fourth-order valence-electron chi connectivity index (χ4n) is 4.14. The lowest BCUT2D eigenvalue weighted by atomic mass is 9.96. The number of aromatic hydroxyl groups is 1. The zero-order chi connectivity index (χ0) is 24.3. The van der Waals surface area contributed by atoms with E-state index in [2.05, 4.69) is 0 Å². The van der Waals surface area contributed by atoms with Crippen molar-refractivity contribution in [3.05, 3.63) is 125 Å². The van der Waals surface area contributed by atoms with Gasteiger partial charge in [-0.3, -0.25) is 4.79 Å². The third-order valence-corrected chi connectivity index (χ3v) is 6.05. The first-order valence-electron chi connectivity index (χ1n) is 11.6. The predicted molar refractivity (Wildman–Crippen MR) is 133 cm³/mol. The van der Waals surface area contributed by atoms with Crippen LogP contribution in [0.25, 0.3) is 0 Å². The number of phenolic OH excluding ortho intramolecular Hbond substituents is 1. The van der Waals surface area contributed by atoms with Crippen molar-refractivity contribution in [3.63, 3.8) is 0 Å². The Bertz CT molecular complexity index is 1290. The Morgan fingerprint density at radius 2 is 1.17 bits per heavy atom. The quantitative estimate of drug-likeness (QED) is 0.335. The number of hydrogen-bond acceptors (Lipinski definition) is 5. The Morgan fingerprint density at radius 1 is 0.714 bits per heavy atom. The molecule has 0 spiro atoms. The van der Waals surface area contributed by atoms with Gasteiger partial charge >= 0.3 is 0 Å². The molecule has 5 heteroatoms. The number of carbonyl (C=O) groups is 1. The molecule has 4 aromatic rings. The van der Waals surface area contributed by atoms with Crippen LogP contribution in [-0.4, -0.2) is 24.1 Å². The van der Waals surface area contributed by atoms with Crippen LogP contribution in [0.5, 0.6) is 17.2 Å². The van der Waals surface area contributed by atoms with E-state index in [4.69, 9.17) is 14.2 Å². The lowest BCUT2D eigenvalue weighted by molar-refractivity contribution is -0.249. The molecule has 1 N–H and O–H groups in total. The van der Waals surface area contributed by atoms with Crippen molar-refractivity contribution in [2.45, 2.75) is 19.1 Å². The van der Waals surface area contributed by atoms with Gasteiger partial charge in [-0.1, -0.05) is 29.8 Å². The Kier molecular flexibility index (Phi) is 6.36. The number of carbonyl (C=O) groups excluding carboxylic acids is 1. The van der Waals surface area contributed by atoms with Crippen LogP contribution in [-0.2, 0) is 15.3 Å². The minimum absolute atomic E-state index is 0.0205. The topological polar surface area (TPSA) is 65.0 Å². The Morgan fingerprint density at radius 3 is 1.71 bits per heavy atom. The van der Waals surface area contributed by atoms with E-state index in [1.165, 1.54) is 0 Å². The van der Waals surface area contributed by atoms with Crippen molar-refractivity contribution in [3.8, 4) is 17.2 Å². The van der Waals surface area contributed by atoms with Gasteiger partial charge in [0.05, 0.1) is 13.2 Å². The van der Waals surface area contributed by atoms with Crippen LogP contribution < -0.4 is 4.74 Å². The third kappa shape index (κ3) is 4.83. The average molecular weight is 467 g/mol. The summed E-state index contributed by atoms with van der Waals surface area (Å²) in [6, 6.07) is 29.1. The number of ketones is 1. The van der Waals surface area contributed by atoms with Crippen molar-refractivity contribution >= 4 is 5.78 Å². The van der Waals surface area contributed by atoms with Gasteiger partial charge < -0.3 is 19.3 Å². The number of rotatable bonds is 6. The van der Waals surface area contributed by atoms with Gasteiger partial charge in [0.15, 0.2) is 5.78 Å². The number of hydrogen-bond donors (Lipinski definition) is 1. The van der Waals surface area contributed by atoms with Crippen molar-refractivity contribution < 1.29 is 24.1 Å². The van der Waals surface area contributed by atoms with Crippen LogP contribution >= 0.6 is 0 Å². The maximum Gasteiger partial charge on any atom is 0.222 e. The molecule has 4 aromatic carbocycles. The fraction of sp³-hybridized carbons (Fsp3) is 0.167. The van der Waals surface area contributed by atoms with Crippen LogP contribution in [0, 0.1) is 6.92 Å². The van der Waals surface area contributed by atoms with E-state index >= 15 is 0 Å². The number of phenols is 1. The summed E-state index contributed by atoms with van der Waals surface area (Å²) in [4.78, 5) is 12.7. The molecular formula is C30H26O5. The van der Waals surface area contributed by atoms with E-state index in [-0.39, 0.29) is 11.5 Å². The first-order valence-corrected chi connectivity index (χ1v) is 11.6. The van der Waals surface area contributed by atoms with Gasteiger partial charge in [-0.25, -0.2) is 0 Å². The molecule has 1 aliphatic rings. The molecule has 1 heterocycles. The van der Waals surface area contributed by atoms with Gasteiger partial charge in [-0.2, -0.15) is 0 Å². The molecule has 1 fully saturated rings. The Labute approximate surface area is 204 Å². The maximum absolute atomic E-state index is 12.7. The molecule has 5 nitrogen and oxygen atoms in total. The van der Waals surface area contributed by atoms with E-state index in [1.807, 2.05) is 67.6 Å². The van der Waals surface area contributed by atoms with E-state index in [1.54, 1.807) is 36.4 Å². The second-order valence-electron chi connectivity index (χ2n) is 8.56. The highest BCUT2D eigenvalue weighted by molar-refractivity contribution is 6.09. The van der Waals surface area contributed by atoms with Crippen LogP contribution in [0.4, 0.5) is 0 Å². The summed E-state index contributed by atoms with van der Waals surface area (Å²) in [5.41, 5.74) is 4.05. The minimum atomic E-state index is -1.03. The molecular weight excluding hydrogens is 440 g/mol. The van der Waals surface area contributed by atoms with Crippen LogP contribution in [0.1, 0.15) is 39.0 Å². The number of ether oxygens (including phenoxy) is 3. The second-order valence-corrected chi connectivity index (χ2v) is 8.56. The van der Waals surface area contributed by atoms with E-state index in [0.29, 0.717) is 35.8 Å². The zero-order valence-electron chi connectivity index (χ0n) is 19.4. The van der Waals surface area contributed by atoms with Crippen molar-refractivity contribution in [1.82, 2.24) is 0 Å². The lowest BCUT2D eigenvalue weighted by Gasteiger charge is -2.38. The Balaban J connectivity index is 1.32. The molecule has 1 saturated heterocycles. The summed E-state index contributed by atoms with van der Waals surface area (Å²) in [5.74, 6) is 0.435. The molecule has 5 rings (SSSR count). The molecule has 0 aromatic heterocycles. The first-order chi connectivity index (χ1) is 17.0. The van der Waals surface area contributed by atoms with Gasteiger partial charge in [0.25, 0.3) is 0 Å². The monoisotopic (exact) mass is 466 g/mol. The van der Waals surface area contributed by atoms with Gasteiger partial charge in [-0.15, -0.1) is 0 Å². The molecule has 176 valence electrons. The highest BCUT2D eigenvalue weighted by Gasteiger charge is 2.39. The molecule has 0 bridgehead atoms. The van der Waals surface area contributed by atoms with Crippen LogP contribution in [0.2, 0.25) is 0 Å². The summed E-state index contributed by atoms with van der Waals surface area (Å²) in [7, 11) is 0.